The topological polar surface area (TPSA) is 44.2 Å². The maximum atomic E-state index is 13.1. The number of halogens is 3. The minimum absolute atomic E-state index is 0.569. The molecule has 0 aliphatic heterocycles. The van der Waals surface area contributed by atoms with Gasteiger partial charge in [-0.3, -0.25) is 4.98 Å². The summed E-state index contributed by atoms with van der Waals surface area (Å²) in [6.45, 7) is 0. The number of alkyl halides is 3. The van der Waals surface area contributed by atoms with E-state index in [9.17, 15) is 13.2 Å². The van der Waals surface area contributed by atoms with Crippen molar-refractivity contribution in [3.63, 3.8) is 0 Å². The lowest BCUT2D eigenvalue weighted by Crippen LogP contribution is -2.28. The fourth-order valence-corrected chi connectivity index (χ4v) is 5.45. The first-order valence-electron chi connectivity index (χ1n) is 12.3. The first-order valence-corrected chi connectivity index (χ1v) is 12.3. The van der Waals surface area contributed by atoms with Gasteiger partial charge in [-0.2, -0.15) is 13.2 Å². The highest BCUT2D eigenvalue weighted by molar-refractivity contribution is 5.83. The molecule has 1 aliphatic carbocycles. The van der Waals surface area contributed by atoms with Gasteiger partial charge in [-0.25, -0.2) is 4.98 Å². The molecule has 5 aromatic rings. The number of aromatic nitrogens is 2. The summed E-state index contributed by atoms with van der Waals surface area (Å²) < 4.78 is 50.2. The molecule has 3 aromatic carbocycles. The zero-order valence-corrected chi connectivity index (χ0v) is 21.2. The van der Waals surface area contributed by atoms with E-state index in [-0.39, 0.29) is 0 Å². The van der Waals surface area contributed by atoms with Crippen LogP contribution < -0.4 is 9.47 Å². The third-order valence-corrected chi connectivity index (χ3v) is 7.29. The Labute approximate surface area is 223 Å². The fourth-order valence-electron chi connectivity index (χ4n) is 5.45. The average molecular weight is 525 g/mol. The first-order chi connectivity index (χ1) is 18.9. The third-order valence-electron chi connectivity index (χ3n) is 7.29. The number of methoxy groups -OCH3 is 2. The van der Waals surface area contributed by atoms with E-state index in [2.05, 4.69) is 6.07 Å². The summed E-state index contributed by atoms with van der Waals surface area (Å²) in [5.74, 6) is 1.48. The van der Waals surface area contributed by atoms with Gasteiger partial charge >= 0.3 is 6.18 Å². The quantitative estimate of drug-likeness (QED) is 0.234. The molecule has 0 spiro atoms. The molecule has 0 amide bonds. The summed E-state index contributed by atoms with van der Waals surface area (Å²) in [6.07, 6.45) is -2.67. The van der Waals surface area contributed by atoms with Gasteiger partial charge in [0.2, 0.25) is 0 Å². The highest BCUT2D eigenvalue weighted by Gasteiger charge is 2.47. The van der Waals surface area contributed by atoms with Crippen LogP contribution in [0.4, 0.5) is 13.2 Å². The Kier molecular flexibility index (Phi) is 5.87. The Balaban J connectivity index is 1.60. The highest BCUT2D eigenvalue weighted by atomic mass is 19.4. The number of benzene rings is 3. The second-order valence-corrected chi connectivity index (χ2v) is 9.27. The molecular weight excluding hydrogens is 501 g/mol. The first kappa shape index (κ1) is 24.7. The Hall–Kier alpha value is -4.65. The number of hydrogen-bond donors (Lipinski definition) is 0. The molecular formula is C32H23F3N2O2. The molecule has 0 radical (unpaired) electrons. The van der Waals surface area contributed by atoms with Gasteiger partial charge in [0.15, 0.2) is 0 Å². The van der Waals surface area contributed by atoms with E-state index in [1.54, 1.807) is 20.4 Å². The van der Waals surface area contributed by atoms with E-state index < -0.39 is 17.2 Å². The molecule has 194 valence electrons. The number of fused-ring (bicyclic) bond motifs is 3. The van der Waals surface area contributed by atoms with Gasteiger partial charge in [0.25, 0.3) is 0 Å². The molecule has 4 nitrogen and oxygen atoms in total. The number of rotatable bonds is 5. The maximum absolute atomic E-state index is 13.1. The third kappa shape index (κ3) is 3.93. The van der Waals surface area contributed by atoms with E-state index in [4.69, 9.17) is 19.4 Å². The molecule has 6 rings (SSSR count). The molecule has 0 bridgehead atoms. The van der Waals surface area contributed by atoms with Crippen LogP contribution >= 0.6 is 0 Å². The fraction of sp³-hybridized carbons (Fsp3) is 0.125. The van der Waals surface area contributed by atoms with Crippen LogP contribution in [0.25, 0.3) is 22.6 Å². The Morgan fingerprint density at radius 3 is 1.74 bits per heavy atom. The molecule has 0 atom stereocenters. The molecule has 0 fully saturated rings. The maximum Gasteiger partial charge on any atom is 0.416 e. The summed E-state index contributed by atoms with van der Waals surface area (Å²) in [5.41, 5.74) is 5.06. The van der Waals surface area contributed by atoms with Crippen molar-refractivity contribution in [2.24, 2.45) is 0 Å². The number of ether oxygens (including phenoxy) is 2. The summed E-state index contributed by atoms with van der Waals surface area (Å²) in [7, 11) is 3.26. The number of hydrogen-bond acceptors (Lipinski definition) is 4. The van der Waals surface area contributed by atoms with Crippen molar-refractivity contribution in [3.8, 4) is 34.1 Å². The largest absolute Gasteiger partial charge is 0.497 e. The van der Waals surface area contributed by atoms with E-state index in [1.807, 2.05) is 66.7 Å². The van der Waals surface area contributed by atoms with Crippen LogP contribution in [0.3, 0.4) is 0 Å². The van der Waals surface area contributed by atoms with Crippen LogP contribution in [0, 0.1) is 0 Å². The second-order valence-electron chi connectivity index (χ2n) is 9.27. The Morgan fingerprint density at radius 2 is 1.21 bits per heavy atom. The molecule has 0 unspecified atom stereocenters. The van der Waals surface area contributed by atoms with Crippen LogP contribution in [-0.2, 0) is 11.6 Å². The van der Waals surface area contributed by atoms with Crippen molar-refractivity contribution < 1.29 is 22.6 Å². The minimum Gasteiger partial charge on any atom is -0.497 e. The van der Waals surface area contributed by atoms with Crippen molar-refractivity contribution in [2.75, 3.05) is 14.2 Å². The standard InChI is InChI=1S/C32H23F3N2O2/c1-38-24-13-9-21(10-14-24)31(22-11-15-25(39-2)16-12-22)26-4-3-19-36-29(26)30-27(31)17-18-28(37-30)20-5-7-23(8-6-20)32(33,34)35/h3-19H,1-2H3. The number of nitrogens with zero attached hydrogens (tertiary/aromatic N) is 2. The summed E-state index contributed by atoms with van der Waals surface area (Å²) >= 11 is 0. The summed E-state index contributed by atoms with van der Waals surface area (Å²) in [5, 5.41) is 0. The molecule has 1 aliphatic rings. The molecule has 0 N–H and O–H groups in total. The number of pyridine rings is 2. The van der Waals surface area contributed by atoms with Crippen molar-refractivity contribution in [2.45, 2.75) is 11.6 Å². The van der Waals surface area contributed by atoms with Gasteiger partial charge in [0, 0.05) is 11.8 Å². The van der Waals surface area contributed by atoms with E-state index in [1.165, 1.54) is 12.1 Å². The van der Waals surface area contributed by atoms with Crippen LogP contribution in [0.5, 0.6) is 11.5 Å². The molecule has 39 heavy (non-hydrogen) atoms. The molecule has 2 aromatic heterocycles. The van der Waals surface area contributed by atoms with E-state index in [0.29, 0.717) is 17.0 Å². The van der Waals surface area contributed by atoms with Gasteiger partial charge in [-0.1, -0.05) is 48.5 Å². The van der Waals surface area contributed by atoms with E-state index >= 15 is 0 Å². The molecule has 7 heteroatoms. The van der Waals surface area contributed by atoms with E-state index in [0.717, 1.165) is 51.6 Å². The Bertz CT molecular complexity index is 1600. The van der Waals surface area contributed by atoms with Crippen molar-refractivity contribution in [1.29, 1.82) is 0 Å². The Morgan fingerprint density at radius 1 is 0.641 bits per heavy atom. The van der Waals surface area contributed by atoms with Crippen molar-refractivity contribution >= 4 is 0 Å². The molecule has 0 saturated heterocycles. The highest BCUT2D eigenvalue weighted by Crippen LogP contribution is 2.55. The lowest BCUT2D eigenvalue weighted by molar-refractivity contribution is -0.137. The molecule has 2 heterocycles. The van der Waals surface area contributed by atoms with Crippen LogP contribution in [0.1, 0.15) is 27.8 Å². The summed E-state index contributed by atoms with van der Waals surface area (Å²) in [6, 6.07) is 28.8. The van der Waals surface area contributed by atoms with Crippen LogP contribution in [0.2, 0.25) is 0 Å². The van der Waals surface area contributed by atoms with Gasteiger partial charge in [0.05, 0.1) is 42.3 Å². The van der Waals surface area contributed by atoms with Crippen LogP contribution in [-0.4, -0.2) is 24.2 Å². The predicted molar refractivity (Wildman–Crippen MR) is 143 cm³/mol. The average Bonchev–Trinajstić information content (AvgIpc) is 3.27. The zero-order chi connectivity index (χ0) is 27.2. The van der Waals surface area contributed by atoms with Gasteiger partial charge < -0.3 is 9.47 Å². The van der Waals surface area contributed by atoms with Crippen molar-refractivity contribution in [3.05, 3.63) is 131 Å². The van der Waals surface area contributed by atoms with Crippen LogP contribution in [0.15, 0.2) is 103 Å². The normalized spacial score (nSPS) is 13.5. The minimum atomic E-state index is -4.40. The van der Waals surface area contributed by atoms with Crippen molar-refractivity contribution in [1.82, 2.24) is 9.97 Å². The van der Waals surface area contributed by atoms with Gasteiger partial charge in [-0.05, 0) is 70.8 Å². The SMILES string of the molecule is COc1ccc(C2(c3ccc(OC)cc3)c3cccnc3-c3nc(-c4ccc(C(F)(F)F)cc4)ccc32)cc1. The zero-order valence-electron chi connectivity index (χ0n) is 21.2. The summed E-state index contributed by atoms with van der Waals surface area (Å²) in [4.78, 5) is 9.71. The lowest BCUT2D eigenvalue weighted by Gasteiger charge is -2.33. The lowest BCUT2D eigenvalue weighted by atomic mass is 9.68. The molecule has 0 saturated carbocycles. The smallest absolute Gasteiger partial charge is 0.416 e. The second kappa shape index (κ2) is 9.27. The monoisotopic (exact) mass is 524 g/mol. The van der Waals surface area contributed by atoms with Gasteiger partial charge in [-0.15, -0.1) is 0 Å². The van der Waals surface area contributed by atoms with Gasteiger partial charge in [0.1, 0.15) is 11.5 Å². The predicted octanol–water partition coefficient (Wildman–Crippen LogP) is 7.54.